The van der Waals surface area contributed by atoms with Crippen molar-refractivity contribution in [1.29, 1.82) is 0 Å². The summed E-state index contributed by atoms with van der Waals surface area (Å²) in [6.45, 7) is 3.91. The Morgan fingerprint density at radius 2 is 2.27 bits per heavy atom. The first-order valence-electron chi connectivity index (χ1n) is 5.11. The van der Waals surface area contributed by atoms with Gasteiger partial charge in [-0.1, -0.05) is 6.92 Å². The van der Waals surface area contributed by atoms with Crippen molar-refractivity contribution in [3.8, 4) is 5.88 Å². The third-order valence-corrected chi connectivity index (χ3v) is 1.78. The Morgan fingerprint density at radius 3 is 2.93 bits per heavy atom. The molecule has 0 saturated carbocycles. The number of hydrogen-bond acceptors (Lipinski definition) is 5. The smallest absolute Gasteiger partial charge is 0.239 e. The molecule has 0 fully saturated rings. The fraction of sp³-hybridized carbons (Fsp3) is 0.500. The van der Waals surface area contributed by atoms with Crippen LogP contribution >= 0.6 is 0 Å². The predicted molar refractivity (Wildman–Crippen MR) is 62.0 cm³/mol. The number of pyridine rings is 1. The van der Waals surface area contributed by atoms with E-state index in [0.29, 0.717) is 31.3 Å². The van der Waals surface area contributed by atoms with Crippen LogP contribution in [0.25, 0.3) is 0 Å². The van der Waals surface area contributed by atoms with Crippen molar-refractivity contribution in [2.45, 2.75) is 13.3 Å². The Morgan fingerprint density at radius 1 is 1.47 bits per heavy atom. The number of nitrogens with zero attached hydrogens (tertiary/aromatic N) is 1. The van der Waals surface area contributed by atoms with Gasteiger partial charge in [-0.3, -0.25) is 0 Å². The first-order chi connectivity index (χ1) is 7.27. The molecule has 1 rings (SSSR count). The molecule has 0 saturated heterocycles. The SMILES string of the molecule is CCCOc1nc(NCCN)ccc1N. The summed E-state index contributed by atoms with van der Waals surface area (Å²) in [5, 5.41) is 3.07. The lowest BCUT2D eigenvalue weighted by Gasteiger charge is -2.09. The van der Waals surface area contributed by atoms with Gasteiger partial charge in [0.2, 0.25) is 5.88 Å². The van der Waals surface area contributed by atoms with Crippen LogP contribution in [0.2, 0.25) is 0 Å². The highest BCUT2D eigenvalue weighted by Crippen LogP contribution is 2.20. The lowest BCUT2D eigenvalue weighted by molar-refractivity contribution is 0.307. The van der Waals surface area contributed by atoms with E-state index in [1.807, 2.05) is 13.0 Å². The fourth-order valence-corrected chi connectivity index (χ4v) is 1.06. The zero-order valence-corrected chi connectivity index (χ0v) is 8.99. The number of nitrogen functional groups attached to an aromatic ring is 1. The van der Waals surface area contributed by atoms with E-state index in [0.717, 1.165) is 12.2 Å². The van der Waals surface area contributed by atoms with Crippen molar-refractivity contribution in [3.05, 3.63) is 12.1 Å². The lowest BCUT2D eigenvalue weighted by Crippen LogP contribution is -2.14. The Hall–Kier alpha value is -1.49. The first-order valence-corrected chi connectivity index (χ1v) is 5.11. The number of rotatable bonds is 6. The zero-order chi connectivity index (χ0) is 11.1. The van der Waals surface area contributed by atoms with E-state index < -0.39 is 0 Å². The molecule has 0 amide bonds. The molecule has 0 radical (unpaired) electrons. The molecule has 0 atom stereocenters. The minimum absolute atomic E-state index is 0.485. The second-order valence-electron chi connectivity index (χ2n) is 3.15. The van der Waals surface area contributed by atoms with Gasteiger partial charge in [-0.15, -0.1) is 0 Å². The standard InChI is InChI=1S/C10H18N4O/c1-2-7-15-10-8(12)3-4-9(14-10)13-6-5-11/h3-4H,2,5-7,11-12H2,1H3,(H,13,14). The van der Waals surface area contributed by atoms with E-state index in [-0.39, 0.29) is 0 Å². The van der Waals surface area contributed by atoms with Gasteiger partial charge >= 0.3 is 0 Å². The Bertz CT molecular complexity index is 303. The third-order valence-electron chi connectivity index (χ3n) is 1.78. The van der Waals surface area contributed by atoms with Crippen molar-refractivity contribution in [2.75, 3.05) is 30.7 Å². The molecule has 0 aliphatic rings. The summed E-state index contributed by atoms with van der Waals surface area (Å²) < 4.78 is 5.40. The molecule has 0 bridgehead atoms. The molecule has 1 aromatic heterocycles. The molecule has 5 N–H and O–H groups in total. The normalized spacial score (nSPS) is 10.0. The average Bonchev–Trinajstić information content (AvgIpc) is 2.26. The molecule has 0 aliphatic heterocycles. The van der Waals surface area contributed by atoms with Crippen molar-refractivity contribution in [2.24, 2.45) is 5.73 Å². The molecule has 0 spiro atoms. The van der Waals surface area contributed by atoms with Gasteiger partial charge in [0.25, 0.3) is 0 Å². The van der Waals surface area contributed by atoms with Crippen molar-refractivity contribution < 1.29 is 4.74 Å². The van der Waals surface area contributed by atoms with Crippen LogP contribution in [-0.4, -0.2) is 24.7 Å². The minimum Gasteiger partial charge on any atom is -0.476 e. The second kappa shape index (κ2) is 6.08. The summed E-state index contributed by atoms with van der Waals surface area (Å²) in [7, 11) is 0. The van der Waals surface area contributed by atoms with E-state index in [1.54, 1.807) is 6.07 Å². The average molecular weight is 210 g/mol. The van der Waals surface area contributed by atoms with Crippen LogP contribution in [0.1, 0.15) is 13.3 Å². The highest BCUT2D eigenvalue weighted by atomic mass is 16.5. The quantitative estimate of drug-likeness (QED) is 0.647. The molecule has 0 aliphatic carbocycles. The van der Waals surface area contributed by atoms with Gasteiger partial charge in [-0.25, -0.2) is 0 Å². The maximum Gasteiger partial charge on any atom is 0.239 e. The van der Waals surface area contributed by atoms with Crippen LogP contribution in [0, 0.1) is 0 Å². The topological polar surface area (TPSA) is 86.2 Å². The van der Waals surface area contributed by atoms with Gasteiger partial charge in [0.15, 0.2) is 0 Å². The molecular weight excluding hydrogens is 192 g/mol. The molecular formula is C10H18N4O. The van der Waals surface area contributed by atoms with Crippen LogP contribution in [0.4, 0.5) is 11.5 Å². The van der Waals surface area contributed by atoms with Crippen molar-refractivity contribution >= 4 is 11.5 Å². The molecule has 1 aromatic rings. The van der Waals surface area contributed by atoms with Crippen LogP contribution in [0.5, 0.6) is 5.88 Å². The minimum atomic E-state index is 0.485. The molecule has 5 nitrogen and oxygen atoms in total. The molecule has 5 heteroatoms. The largest absolute Gasteiger partial charge is 0.476 e. The Balaban J connectivity index is 2.66. The van der Waals surface area contributed by atoms with Gasteiger partial charge in [0.1, 0.15) is 5.82 Å². The Kier molecular flexibility index (Phi) is 4.70. The number of ether oxygens (including phenoxy) is 1. The van der Waals surface area contributed by atoms with E-state index in [9.17, 15) is 0 Å². The molecule has 0 aromatic carbocycles. The van der Waals surface area contributed by atoms with Gasteiger partial charge in [-0.2, -0.15) is 4.98 Å². The van der Waals surface area contributed by atoms with Crippen LogP contribution in [0.15, 0.2) is 12.1 Å². The highest BCUT2D eigenvalue weighted by Gasteiger charge is 2.03. The monoisotopic (exact) mass is 210 g/mol. The summed E-state index contributed by atoms with van der Waals surface area (Å²) in [5.41, 5.74) is 11.7. The van der Waals surface area contributed by atoms with Gasteiger partial charge < -0.3 is 21.5 Å². The summed E-state index contributed by atoms with van der Waals surface area (Å²) in [6.07, 6.45) is 0.932. The summed E-state index contributed by atoms with van der Waals surface area (Å²) in [5.74, 6) is 1.22. The second-order valence-corrected chi connectivity index (χ2v) is 3.15. The van der Waals surface area contributed by atoms with Crippen LogP contribution in [0.3, 0.4) is 0 Å². The van der Waals surface area contributed by atoms with E-state index in [1.165, 1.54) is 0 Å². The summed E-state index contributed by atoms with van der Waals surface area (Å²) in [6, 6.07) is 3.58. The van der Waals surface area contributed by atoms with Crippen LogP contribution in [-0.2, 0) is 0 Å². The highest BCUT2D eigenvalue weighted by molar-refractivity contribution is 5.53. The van der Waals surface area contributed by atoms with E-state index in [2.05, 4.69) is 10.3 Å². The van der Waals surface area contributed by atoms with Crippen molar-refractivity contribution in [3.63, 3.8) is 0 Å². The maximum atomic E-state index is 5.72. The molecule has 1 heterocycles. The number of hydrogen-bond donors (Lipinski definition) is 3. The lowest BCUT2D eigenvalue weighted by atomic mass is 10.4. The number of nitrogens with one attached hydrogen (secondary N) is 1. The van der Waals surface area contributed by atoms with Gasteiger partial charge in [0, 0.05) is 13.1 Å². The molecule has 15 heavy (non-hydrogen) atoms. The maximum absolute atomic E-state index is 5.72. The molecule has 0 unspecified atom stereocenters. The summed E-state index contributed by atoms with van der Waals surface area (Å²) >= 11 is 0. The van der Waals surface area contributed by atoms with Gasteiger partial charge in [-0.05, 0) is 18.6 Å². The van der Waals surface area contributed by atoms with Crippen LogP contribution < -0.4 is 21.5 Å². The van der Waals surface area contributed by atoms with E-state index in [4.69, 9.17) is 16.2 Å². The third kappa shape index (κ3) is 3.63. The molecule has 84 valence electrons. The zero-order valence-electron chi connectivity index (χ0n) is 8.99. The number of nitrogens with two attached hydrogens (primary N) is 2. The fourth-order valence-electron chi connectivity index (χ4n) is 1.06. The Labute approximate surface area is 89.8 Å². The van der Waals surface area contributed by atoms with E-state index >= 15 is 0 Å². The predicted octanol–water partition coefficient (Wildman–Crippen LogP) is 0.823. The van der Waals surface area contributed by atoms with Crippen molar-refractivity contribution in [1.82, 2.24) is 4.98 Å². The summed E-state index contributed by atoms with van der Waals surface area (Å²) in [4.78, 5) is 4.23. The first kappa shape index (κ1) is 11.6. The number of aromatic nitrogens is 1. The number of anilines is 2. The van der Waals surface area contributed by atoms with Gasteiger partial charge in [0.05, 0.1) is 12.3 Å².